The minimum absolute atomic E-state index is 0.241. The van der Waals surface area contributed by atoms with E-state index in [2.05, 4.69) is 42.0 Å². The summed E-state index contributed by atoms with van der Waals surface area (Å²) in [7, 11) is 0. The monoisotopic (exact) mass is 389 g/mol. The number of nitrogens with zero attached hydrogens (tertiary/aromatic N) is 6. The highest BCUT2D eigenvalue weighted by Gasteiger charge is 2.21. The third kappa shape index (κ3) is 4.48. The fourth-order valence-corrected chi connectivity index (χ4v) is 3.25. The largest absolute Gasteiger partial charge is 0.353 e. The van der Waals surface area contributed by atoms with Crippen LogP contribution in [0.2, 0.25) is 0 Å². The lowest BCUT2D eigenvalue weighted by atomic mass is 10.1. The van der Waals surface area contributed by atoms with Gasteiger partial charge in [0.1, 0.15) is 17.8 Å². The molecule has 8 heteroatoms. The van der Waals surface area contributed by atoms with Crippen LogP contribution in [0.15, 0.2) is 55.1 Å². The maximum Gasteiger partial charge on any atom is 0.274 e. The number of aromatic nitrogens is 4. The molecule has 1 N–H and O–H groups in total. The van der Waals surface area contributed by atoms with Gasteiger partial charge in [-0.2, -0.15) is 0 Å². The zero-order valence-electron chi connectivity index (χ0n) is 16.3. The molecule has 29 heavy (non-hydrogen) atoms. The van der Waals surface area contributed by atoms with E-state index < -0.39 is 0 Å². The Labute approximate surface area is 169 Å². The number of benzene rings is 1. The fourth-order valence-electron chi connectivity index (χ4n) is 3.25. The molecule has 1 fully saturated rings. The summed E-state index contributed by atoms with van der Waals surface area (Å²) in [5.74, 6) is 1.25. The summed E-state index contributed by atoms with van der Waals surface area (Å²) >= 11 is 0. The van der Waals surface area contributed by atoms with E-state index in [0.717, 1.165) is 50.1 Å². The highest BCUT2D eigenvalue weighted by atomic mass is 16.1. The number of amides is 1. The topological polar surface area (TPSA) is 87.1 Å². The van der Waals surface area contributed by atoms with Crippen LogP contribution in [0.25, 0.3) is 0 Å². The van der Waals surface area contributed by atoms with Crippen LogP contribution in [0.1, 0.15) is 23.0 Å². The van der Waals surface area contributed by atoms with Gasteiger partial charge in [0.2, 0.25) is 5.95 Å². The third-order valence-corrected chi connectivity index (χ3v) is 4.94. The van der Waals surface area contributed by atoms with Gasteiger partial charge in [-0.25, -0.2) is 19.9 Å². The first-order valence-corrected chi connectivity index (χ1v) is 9.72. The first-order valence-electron chi connectivity index (χ1n) is 9.72. The molecule has 1 amide bonds. The number of hydrogen-bond donors (Lipinski definition) is 1. The van der Waals surface area contributed by atoms with E-state index in [-0.39, 0.29) is 5.91 Å². The summed E-state index contributed by atoms with van der Waals surface area (Å²) in [6.45, 7) is 5.23. The number of nitrogens with one attached hydrogen (secondary N) is 1. The van der Waals surface area contributed by atoms with E-state index >= 15 is 0 Å². The normalized spacial score (nSPS) is 14.0. The van der Waals surface area contributed by atoms with Crippen LogP contribution in [0, 0.1) is 0 Å². The molecule has 3 aromatic rings. The predicted octanol–water partition coefficient (Wildman–Crippen LogP) is 2.41. The molecule has 1 aliphatic heterocycles. The van der Waals surface area contributed by atoms with E-state index in [4.69, 9.17) is 0 Å². The Balaban J connectivity index is 1.40. The average molecular weight is 389 g/mol. The molecular formula is C21H23N7O. The predicted molar refractivity (Wildman–Crippen MR) is 112 cm³/mol. The van der Waals surface area contributed by atoms with Crippen molar-refractivity contribution in [3.63, 3.8) is 0 Å². The van der Waals surface area contributed by atoms with Crippen LogP contribution in [-0.4, -0.2) is 52.0 Å². The van der Waals surface area contributed by atoms with E-state index in [1.165, 1.54) is 11.9 Å². The van der Waals surface area contributed by atoms with Crippen LogP contribution >= 0.6 is 0 Å². The first kappa shape index (κ1) is 18.8. The van der Waals surface area contributed by atoms with Crippen molar-refractivity contribution in [3.8, 4) is 0 Å². The van der Waals surface area contributed by atoms with Crippen LogP contribution in [0.5, 0.6) is 0 Å². The van der Waals surface area contributed by atoms with Crippen molar-refractivity contribution in [2.45, 2.75) is 13.3 Å². The Kier molecular flexibility index (Phi) is 5.60. The summed E-state index contributed by atoms with van der Waals surface area (Å²) < 4.78 is 0. The Hall–Kier alpha value is -3.55. The van der Waals surface area contributed by atoms with Crippen molar-refractivity contribution < 1.29 is 4.79 Å². The molecule has 1 saturated heterocycles. The average Bonchev–Trinajstić information content (AvgIpc) is 2.80. The highest BCUT2D eigenvalue weighted by Crippen LogP contribution is 2.17. The second-order valence-corrected chi connectivity index (χ2v) is 6.79. The van der Waals surface area contributed by atoms with Crippen LogP contribution in [0.3, 0.4) is 0 Å². The molecule has 4 rings (SSSR count). The molecule has 0 aliphatic carbocycles. The molecule has 2 aromatic heterocycles. The number of carbonyl (C=O) groups is 1. The van der Waals surface area contributed by atoms with Crippen molar-refractivity contribution in [1.29, 1.82) is 0 Å². The van der Waals surface area contributed by atoms with Gasteiger partial charge >= 0.3 is 0 Å². The van der Waals surface area contributed by atoms with Crippen molar-refractivity contribution in [3.05, 3.63) is 66.4 Å². The van der Waals surface area contributed by atoms with Crippen LogP contribution in [-0.2, 0) is 6.42 Å². The number of rotatable bonds is 5. The maximum absolute atomic E-state index is 12.6. The smallest absolute Gasteiger partial charge is 0.274 e. The second kappa shape index (κ2) is 8.64. The highest BCUT2D eigenvalue weighted by molar-refractivity contribution is 6.03. The second-order valence-electron chi connectivity index (χ2n) is 6.79. The molecule has 0 unspecified atom stereocenters. The van der Waals surface area contributed by atoms with E-state index in [1.807, 2.05) is 30.3 Å². The van der Waals surface area contributed by atoms with Crippen molar-refractivity contribution in [2.75, 3.05) is 41.3 Å². The van der Waals surface area contributed by atoms with E-state index in [1.54, 1.807) is 18.5 Å². The first-order chi connectivity index (χ1) is 14.2. The van der Waals surface area contributed by atoms with Crippen molar-refractivity contribution >= 4 is 23.4 Å². The molecule has 1 aromatic carbocycles. The van der Waals surface area contributed by atoms with Crippen molar-refractivity contribution in [1.82, 2.24) is 19.9 Å². The Bertz CT molecular complexity index is 954. The summed E-state index contributed by atoms with van der Waals surface area (Å²) in [5, 5.41) is 2.90. The van der Waals surface area contributed by atoms with Gasteiger partial charge in [0.05, 0.1) is 0 Å². The Morgan fingerprint density at radius 2 is 1.66 bits per heavy atom. The summed E-state index contributed by atoms with van der Waals surface area (Å²) in [6.07, 6.45) is 5.91. The van der Waals surface area contributed by atoms with Crippen molar-refractivity contribution in [2.24, 2.45) is 0 Å². The molecule has 0 spiro atoms. The lowest BCUT2D eigenvalue weighted by Gasteiger charge is -2.35. The molecule has 0 bridgehead atoms. The van der Waals surface area contributed by atoms with Crippen LogP contribution < -0.4 is 15.1 Å². The molecule has 0 atom stereocenters. The molecule has 1 aliphatic rings. The number of anilines is 3. The van der Waals surface area contributed by atoms with Crippen LogP contribution in [0.4, 0.5) is 17.5 Å². The minimum Gasteiger partial charge on any atom is -0.353 e. The number of hydrogen-bond acceptors (Lipinski definition) is 7. The lowest BCUT2D eigenvalue weighted by Crippen LogP contribution is -2.47. The van der Waals surface area contributed by atoms with E-state index in [9.17, 15) is 4.79 Å². The van der Waals surface area contributed by atoms with Gasteiger partial charge < -0.3 is 15.1 Å². The molecule has 148 valence electrons. The third-order valence-electron chi connectivity index (χ3n) is 4.94. The molecule has 0 radical (unpaired) electrons. The number of piperazine rings is 1. The van der Waals surface area contributed by atoms with Gasteiger partial charge in [-0.1, -0.05) is 19.1 Å². The number of aryl methyl sites for hydroxylation is 1. The van der Waals surface area contributed by atoms with Gasteiger partial charge in [-0.05, 0) is 30.2 Å². The zero-order valence-corrected chi connectivity index (χ0v) is 16.3. The molecule has 0 saturated carbocycles. The van der Waals surface area contributed by atoms with Gasteiger partial charge in [0.15, 0.2) is 0 Å². The maximum atomic E-state index is 12.6. The summed E-state index contributed by atoms with van der Waals surface area (Å²) in [6, 6.07) is 11.4. The fraction of sp³-hybridized carbons (Fsp3) is 0.286. The summed E-state index contributed by atoms with van der Waals surface area (Å²) in [4.78, 5) is 34.0. The van der Waals surface area contributed by atoms with Gasteiger partial charge in [0, 0.05) is 50.3 Å². The SMILES string of the molecule is CCc1ccc(NC(=O)c2cc(N3CCN(c4ncccn4)CC3)ncn2)cc1. The van der Waals surface area contributed by atoms with Gasteiger partial charge in [0.25, 0.3) is 5.91 Å². The lowest BCUT2D eigenvalue weighted by molar-refractivity contribution is 0.102. The van der Waals surface area contributed by atoms with E-state index in [0.29, 0.717) is 5.69 Å². The van der Waals surface area contributed by atoms with Gasteiger partial charge in [-0.15, -0.1) is 0 Å². The summed E-state index contributed by atoms with van der Waals surface area (Å²) in [5.41, 5.74) is 2.33. The zero-order chi connectivity index (χ0) is 20.1. The Morgan fingerprint density at radius 1 is 0.966 bits per heavy atom. The quantitative estimate of drug-likeness (QED) is 0.717. The molecular weight excluding hydrogens is 366 g/mol. The minimum atomic E-state index is -0.241. The van der Waals surface area contributed by atoms with Gasteiger partial charge in [-0.3, -0.25) is 4.79 Å². The molecule has 8 nitrogen and oxygen atoms in total. The number of carbonyl (C=O) groups excluding carboxylic acids is 1. The standard InChI is InChI=1S/C21H23N7O/c1-2-16-4-6-17(7-5-16)26-20(29)18-14-19(25-15-24-18)27-10-12-28(13-11-27)21-22-8-3-9-23-21/h3-9,14-15H,2,10-13H2,1H3,(H,26,29). The molecule has 3 heterocycles. The Morgan fingerprint density at radius 3 is 2.34 bits per heavy atom.